The summed E-state index contributed by atoms with van der Waals surface area (Å²) in [6.45, 7) is 0. The van der Waals surface area contributed by atoms with Gasteiger partial charge in [-0.2, -0.15) is 0 Å². The summed E-state index contributed by atoms with van der Waals surface area (Å²) in [5, 5.41) is 13.2. The highest BCUT2D eigenvalue weighted by atomic mass is 32.1. The predicted octanol–water partition coefficient (Wildman–Crippen LogP) is 1.56. The lowest BCUT2D eigenvalue weighted by molar-refractivity contribution is -0.124. The molecule has 16 heavy (non-hydrogen) atoms. The fraction of sp³-hybridized carbons (Fsp3) is 0.400. The monoisotopic (exact) mass is 239 g/mol. The number of rotatable bonds is 2. The molecule has 2 heterocycles. The smallest absolute Gasteiger partial charge is 0.348 e. The number of ether oxygens (including phenoxy) is 1. The van der Waals surface area contributed by atoms with Gasteiger partial charge in [0.2, 0.25) is 0 Å². The highest BCUT2D eigenvalue weighted by Crippen LogP contribution is 2.43. The second kappa shape index (κ2) is 3.21. The van der Waals surface area contributed by atoms with Crippen molar-refractivity contribution in [3.05, 3.63) is 10.3 Å². The average molecular weight is 239 g/mol. The Hall–Kier alpha value is -1.56. The molecule has 1 unspecified atom stereocenters. The van der Waals surface area contributed by atoms with Crippen LogP contribution in [0.4, 0.5) is 5.69 Å². The maximum Gasteiger partial charge on any atom is 0.348 e. The molecule has 0 bridgehead atoms. The van der Waals surface area contributed by atoms with Crippen LogP contribution in [0.15, 0.2) is 5.38 Å². The molecule has 84 valence electrons. The first-order valence-electron chi connectivity index (χ1n) is 4.99. The van der Waals surface area contributed by atoms with Gasteiger partial charge in [-0.3, -0.25) is 4.79 Å². The molecular weight excluding hydrogens is 230 g/mol. The number of aromatic carboxylic acids is 1. The second-order valence-electron chi connectivity index (χ2n) is 3.97. The molecule has 1 aromatic rings. The Morgan fingerprint density at radius 3 is 2.94 bits per heavy atom. The highest BCUT2D eigenvalue weighted by molar-refractivity contribution is 7.13. The number of fused-ring (bicyclic) bond motifs is 1. The van der Waals surface area contributed by atoms with E-state index in [1.165, 1.54) is 0 Å². The van der Waals surface area contributed by atoms with Crippen LogP contribution in [0, 0.1) is 5.92 Å². The van der Waals surface area contributed by atoms with E-state index in [1.807, 2.05) is 0 Å². The summed E-state index contributed by atoms with van der Waals surface area (Å²) in [5.41, 5.74) is 0.305. The van der Waals surface area contributed by atoms with Gasteiger partial charge in [-0.1, -0.05) is 0 Å². The van der Waals surface area contributed by atoms with E-state index in [-0.39, 0.29) is 10.8 Å². The highest BCUT2D eigenvalue weighted by Gasteiger charge is 2.42. The van der Waals surface area contributed by atoms with Crippen molar-refractivity contribution in [2.24, 2.45) is 5.92 Å². The first kappa shape index (κ1) is 9.65. The zero-order valence-corrected chi connectivity index (χ0v) is 9.04. The van der Waals surface area contributed by atoms with E-state index in [9.17, 15) is 9.59 Å². The van der Waals surface area contributed by atoms with Gasteiger partial charge in [0.1, 0.15) is 10.6 Å². The number of hydrogen-bond donors (Lipinski definition) is 2. The number of thiophene rings is 1. The summed E-state index contributed by atoms with van der Waals surface area (Å²) in [6, 6.07) is 0. The second-order valence-corrected chi connectivity index (χ2v) is 4.85. The van der Waals surface area contributed by atoms with Crippen molar-refractivity contribution in [1.29, 1.82) is 0 Å². The van der Waals surface area contributed by atoms with E-state index >= 15 is 0 Å². The Morgan fingerprint density at radius 1 is 1.56 bits per heavy atom. The van der Waals surface area contributed by atoms with E-state index in [1.54, 1.807) is 5.38 Å². The SMILES string of the molecule is O=C(O)c1scc2c1NC(=O)C(C1CC1)O2. The largest absolute Gasteiger partial charge is 0.477 e. The topological polar surface area (TPSA) is 75.6 Å². The Morgan fingerprint density at radius 2 is 2.31 bits per heavy atom. The fourth-order valence-electron chi connectivity index (χ4n) is 1.80. The Kier molecular flexibility index (Phi) is 1.94. The van der Waals surface area contributed by atoms with Crippen molar-refractivity contribution in [2.75, 3.05) is 5.32 Å². The molecule has 1 saturated carbocycles. The van der Waals surface area contributed by atoms with Crippen molar-refractivity contribution in [3.63, 3.8) is 0 Å². The fourth-order valence-corrected chi connectivity index (χ4v) is 2.57. The summed E-state index contributed by atoms with van der Waals surface area (Å²) in [5.74, 6) is -0.490. The first-order valence-corrected chi connectivity index (χ1v) is 5.87. The van der Waals surface area contributed by atoms with E-state index < -0.39 is 12.1 Å². The predicted molar refractivity (Wildman–Crippen MR) is 57.0 cm³/mol. The van der Waals surface area contributed by atoms with Gasteiger partial charge in [0, 0.05) is 11.3 Å². The van der Waals surface area contributed by atoms with Gasteiger partial charge >= 0.3 is 5.97 Å². The first-order chi connectivity index (χ1) is 7.66. The van der Waals surface area contributed by atoms with Crippen LogP contribution in [0.25, 0.3) is 0 Å². The van der Waals surface area contributed by atoms with Gasteiger partial charge in [-0.25, -0.2) is 4.79 Å². The molecule has 3 rings (SSSR count). The van der Waals surface area contributed by atoms with Crippen LogP contribution in [0.2, 0.25) is 0 Å². The molecule has 2 aliphatic rings. The van der Waals surface area contributed by atoms with Crippen LogP contribution < -0.4 is 10.1 Å². The zero-order valence-electron chi connectivity index (χ0n) is 8.23. The van der Waals surface area contributed by atoms with Crippen molar-refractivity contribution >= 4 is 28.9 Å². The molecule has 1 amide bonds. The van der Waals surface area contributed by atoms with Gasteiger partial charge in [-0.05, 0) is 12.8 Å². The molecule has 1 fully saturated rings. The average Bonchev–Trinajstić information content (AvgIpc) is 2.98. The quantitative estimate of drug-likeness (QED) is 0.821. The lowest BCUT2D eigenvalue weighted by Crippen LogP contribution is -2.38. The molecule has 6 heteroatoms. The van der Waals surface area contributed by atoms with Crippen LogP contribution in [-0.2, 0) is 4.79 Å². The standard InChI is InChI=1S/C10H9NO4S/c12-9-7(4-1-2-4)15-5-3-16-8(10(13)14)6(5)11-9/h3-4,7H,1-2H2,(H,11,12)(H,13,14). The minimum absolute atomic E-state index is 0.123. The van der Waals surface area contributed by atoms with Gasteiger partial charge < -0.3 is 15.2 Å². The molecular formula is C10H9NO4S. The summed E-state index contributed by atoms with van der Waals surface area (Å²) >= 11 is 1.07. The minimum atomic E-state index is -1.04. The summed E-state index contributed by atoms with van der Waals surface area (Å²) in [7, 11) is 0. The molecule has 0 spiro atoms. The van der Waals surface area contributed by atoms with Gasteiger partial charge in [-0.15, -0.1) is 11.3 Å². The normalized spacial score (nSPS) is 23.2. The molecule has 1 aliphatic heterocycles. The van der Waals surface area contributed by atoms with Gasteiger partial charge in [0.25, 0.3) is 5.91 Å². The summed E-state index contributed by atoms with van der Waals surface area (Å²) in [6.07, 6.45) is 1.57. The number of carbonyl (C=O) groups is 2. The van der Waals surface area contributed by atoms with Crippen LogP contribution in [0.1, 0.15) is 22.5 Å². The number of carboxylic acid groups (broad SMARTS) is 1. The molecule has 0 radical (unpaired) electrons. The number of carbonyl (C=O) groups excluding carboxylic acids is 1. The van der Waals surface area contributed by atoms with Crippen molar-refractivity contribution in [2.45, 2.75) is 18.9 Å². The number of anilines is 1. The molecule has 1 aromatic heterocycles. The van der Waals surface area contributed by atoms with Gasteiger partial charge in [0.15, 0.2) is 11.9 Å². The summed E-state index contributed by atoms with van der Waals surface area (Å²) in [4.78, 5) is 22.7. The lowest BCUT2D eigenvalue weighted by Gasteiger charge is -2.23. The molecule has 1 atom stereocenters. The maximum atomic E-state index is 11.7. The van der Waals surface area contributed by atoms with Crippen molar-refractivity contribution in [1.82, 2.24) is 0 Å². The molecule has 1 aliphatic carbocycles. The number of nitrogens with one attached hydrogen (secondary N) is 1. The van der Waals surface area contributed by atoms with E-state index in [0.29, 0.717) is 17.4 Å². The number of carboxylic acids is 1. The molecule has 0 saturated heterocycles. The Labute approximate surface area is 95.0 Å². The van der Waals surface area contributed by atoms with Crippen LogP contribution in [0.5, 0.6) is 5.75 Å². The van der Waals surface area contributed by atoms with Crippen LogP contribution in [-0.4, -0.2) is 23.1 Å². The van der Waals surface area contributed by atoms with Crippen molar-refractivity contribution in [3.8, 4) is 5.75 Å². The number of hydrogen-bond acceptors (Lipinski definition) is 4. The van der Waals surface area contributed by atoms with E-state index in [4.69, 9.17) is 9.84 Å². The number of amides is 1. The molecule has 0 aromatic carbocycles. The summed E-state index contributed by atoms with van der Waals surface area (Å²) < 4.78 is 5.53. The third-order valence-corrected chi connectivity index (χ3v) is 3.71. The molecule has 5 nitrogen and oxygen atoms in total. The van der Waals surface area contributed by atoms with E-state index in [0.717, 1.165) is 24.2 Å². The van der Waals surface area contributed by atoms with E-state index in [2.05, 4.69) is 5.32 Å². The third kappa shape index (κ3) is 1.37. The minimum Gasteiger partial charge on any atom is -0.477 e. The Balaban J connectivity index is 1.95. The van der Waals surface area contributed by atoms with Crippen LogP contribution >= 0.6 is 11.3 Å². The zero-order chi connectivity index (χ0) is 11.3. The van der Waals surface area contributed by atoms with Gasteiger partial charge in [0.05, 0.1) is 0 Å². The van der Waals surface area contributed by atoms with Crippen LogP contribution in [0.3, 0.4) is 0 Å². The lowest BCUT2D eigenvalue weighted by atomic mass is 10.2. The Bertz CT molecular complexity index is 477. The molecule has 2 N–H and O–H groups in total. The third-order valence-electron chi connectivity index (χ3n) is 2.76. The van der Waals surface area contributed by atoms with Crippen molar-refractivity contribution < 1.29 is 19.4 Å². The maximum absolute atomic E-state index is 11.7.